The van der Waals surface area contributed by atoms with Crippen molar-refractivity contribution in [3.63, 3.8) is 0 Å². The Kier molecular flexibility index (Phi) is 12.5. The predicted molar refractivity (Wildman–Crippen MR) is 184 cm³/mol. The summed E-state index contributed by atoms with van der Waals surface area (Å²) in [6.07, 6.45) is 15.8. The lowest BCUT2D eigenvalue weighted by Crippen LogP contribution is -2.37. The molecule has 4 heterocycles. The van der Waals surface area contributed by atoms with Gasteiger partial charge in [0.15, 0.2) is 0 Å². The molecule has 3 aliphatic heterocycles. The monoisotopic (exact) mass is 615 g/mol. The van der Waals surface area contributed by atoms with E-state index in [0.717, 1.165) is 54.9 Å². The van der Waals surface area contributed by atoms with E-state index < -0.39 is 0 Å². The van der Waals surface area contributed by atoms with Crippen molar-refractivity contribution in [3.8, 4) is 11.5 Å². The summed E-state index contributed by atoms with van der Waals surface area (Å²) in [5.74, 6) is 3.61. The molecule has 1 aromatic heterocycles. The molecule has 6 rings (SSSR count). The van der Waals surface area contributed by atoms with Crippen molar-refractivity contribution in [2.24, 2.45) is 5.92 Å². The van der Waals surface area contributed by atoms with Crippen LogP contribution in [0.25, 0.3) is 11.0 Å². The molecular weight excluding hydrogens is 558 g/mol. The van der Waals surface area contributed by atoms with Gasteiger partial charge in [0.2, 0.25) is 0 Å². The van der Waals surface area contributed by atoms with Crippen LogP contribution in [0.5, 0.6) is 11.5 Å². The predicted octanol–water partition coefficient (Wildman–Crippen LogP) is 7.24. The average Bonchev–Trinajstić information content (AvgIpc) is 3.46. The quantitative estimate of drug-likeness (QED) is 0.158. The van der Waals surface area contributed by atoms with E-state index in [1.54, 1.807) is 0 Å². The Hall–Kier alpha value is -2.61. The van der Waals surface area contributed by atoms with Gasteiger partial charge in [0.05, 0.1) is 12.1 Å². The minimum Gasteiger partial charge on any atom is -0.491 e. The summed E-state index contributed by atoms with van der Waals surface area (Å²) in [6.45, 7) is 13.5. The first-order chi connectivity index (χ1) is 22.3. The summed E-state index contributed by atoms with van der Waals surface area (Å²) < 4.78 is 15.0. The largest absolute Gasteiger partial charge is 0.491 e. The average molecular weight is 616 g/mol. The molecule has 0 N–H and O–H groups in total. The summed E-state index contributed by atoms with van der Waals surface area (Å²) in [7, 11) is 0. The second kappa shape index (κ2) is 17.3. The van der Waals surface area contributed by atoms with Crippen molar-refractivity contribution in [1.29, 1.82) is 0 Å². The van der Waals surface area contributed by atoms with Gasteiger partial charge in [0, 0.05) is 13.1 Å². The molecule has 7 heteroatoms. The van der Waals surface area contributed by atoms with Crippen molar-refractivity contribution >= 4 is 11.0 Å². The Morgan fingerprint density at radius 3 is 2.00 bits per heavy atom. The highest BCUT2D eigenvalue weighted by molar-refractivity contribution is 5.82. The lowest BCUT2D eigenvalue weighted by atomic mass is 9.92. The summed E-state index contributed by atoms with van der Waals surface area (Å²) in [4.78, 5) is 13.1. The highest BCUT2D eigenvalue weighted by atomic mass is 16.5. The van der Waals surface area contributed by atoms with Gasteiger partial charge >= 0.3 is 0 Å². The van der Waals surface area contributed by atoms with Gasteiger partial charge in [0.1, 0.15) is 29.4 Å². The van der Waals surface area contributed by atoms with Crippen molar-refractivity contribution < 1.29 is 9.47 Å². The van der Waals surface area contributed by atoms with E-state index in [0.29, 0.717) is 6.61 Å². The van der Waals surface area contributed by atoms with Gasteiger partial charge in [-0.1, -0.05) is 37.1 Å². The molecule has 3 aromatic rings. The minimum absolute atomic E-state index is 0.461. The first kappa shape index (κ1) is 32.3. The first-order valence-corrected chi connectivity index (χ1v) is 18.3. The summed E-state index contributed by atoms with van der Waals surface area (Å²) in [5.41, 5.74) is 2.14. The third kappa shape index (κ3) is 9.69. The Labute approximate surface area is 271 Å². The van der Waals surface area contributed by atoms with E-state index in [4.69, 9.17) is 14.5 Å². The highest BCUT2D eigenvalue weighted by Gasteiger charge is 2.21. The number of likely N-dealkylation sites (tertiary alicyclic amines) is 3. The summed E-state index contributed by atoms with van der Waals surface area (Å²) in [5, 5.41) is 0. The fourth-order valence-electron chi connectivity index (χ4n) is 7.70. The van der Waals surface area contributed by atoms with Crippen LogP contribution in [0.15, 0.2) is 48.5 Å². The number of benzene rings is 2. The molecule has 0 amide bonds. The van der Waals surface area contributed by atoms with E-state index in [-0.39, 0.29) is 0 Å². The van der Waals surface area contributed by atoms with E-state index in [1.165, 1.54) is 129 Å². The number of fused-ring (bicyclic) bond motifs is 1. The van der Waals surface area contributed by atoms with Gasteiger partial charge in [-0.15, -0.1) is 0 Å². The number of piperidine rings is 3. The Morgan fingerprint density at radius 1 is 0.622 bits per heavy atom. The molecule has 0 spiro atoms. The number of para-hydroxylation sites is 2. The van der Waals surface area contributed by atoms with Crippen LogP contribution in [-0.2, 0) is 13.2 Å². The number of aryl methyl sites for hydroxylation is 1. The second-order valence-electron chi connectivity index (χ2n) is 13.7. The van der Waals surface area contributed by atoms with Crippen LogP contribution in [-0.4, -0.2) is 89.8 Å². The van der Waals surface area contributed by atoms with Gasteiger partial charge in [0.25, 0.3) is 0 Å². The lowest BCUT2D eigenvalue weighted by molar-refractivity contribution is 0.159. The maximum atomic E-state index is 6.36. The lowest BCUT2D eigenvalue weighted by Gasteiger charge is -2.33. The topological polar surface area (TPSA) is 46.0 Å². The fourth-order valence-corrected chi connectivity index (χ4v) is 7.70. The van der Waals surface area contributed by atoms with Gasteiger partial charge in [-0.25, -0.2) is 4.98 Å². The van der Waals surface area contributed by atoms with Crippen LogP contribution < -0.4 is 9.47 Å². The van der Waals surface area contributed by atoms with Crippen molar-refractivity contribution in [2.75, 3.05) is 65.5 Å². The third-order valence-corrected chi connectivity index (χ3v) is 10.4. The molecule has 2 aromatic carbocycles. The maximum Gasteiger partial charge on any atom is 0.148 e. The van der Waals surface area contributed by atoms with Crippen LogP contribution in [0.1, 0.15) is 82.9 Å². The zero-order valence-corrected chi connectivity index (χ0v) is 27.7. The van der Waals surface area contributed by atoms with Crippen LogP contribution in [0, 0.1) is 5.92 Å². The molecule has 0 atom stereocenters. The number of ether oxygens (including phenoxy) is 2. The van der Waals surface area contributed by atoms with Crippen molar-refractivity contribution in [1.82, 2.24) is 24.3 Å². The van der Waals surface area contributed by atoms with Crippen LogP contribution >= 0.6 is 0 Å². The molecule has 7 nitrogen and oxygen atoms in total. The number of hydrogen-bond acceptors (Lipinski definition) is 6. The number of nitrogens with zero attached hydrogens (tertiary/aromatic N) is 5. The summed E-state index contributed by atoms with van der Waals surface area (Å²) >= 11 is 0. The molecule has 3 aliphatic rings. The smallest absolute Gasteiger partial charge is 0.148 e. The molecule has 0 unspecified atom stereocenters. The number of rotatable bonds is 16. The van der Waals surface area contributed by atoms with Gasteiger partial charge in [-0.3, -0.25) is 0 Å². The van der Waals surface area contributed by atoms with E-state index >= 15 is 0 Å². The zero-order chi connectivity index (χ0) is 30.5. The van der Waals surface area contributed by atoms with Crippen molar-refractivity contribution in [3.05, 3.63) is 54.4 Å². The Morgan fingerprint density at radius 2 is 1.29 bits per heavy atom. The highest BCUT2D eigenvalue weighted by Crippen LogP contribution is 2.29. The summed E-state index contributed by atoms with van der Waals surface area (Å²) in [6, 6.07) is 16.5. The van der Waals surface area contributed by atoms with Gasteiger partial charge in [-0.05, 0) is 147 Å². The maximum absolute atomic E-state index is 6.36. The fraction of sp³-hybridized carbons (Fsp3) is 0.658. The van der Waals surface area contributed by atoms with Crippen LogP contribution in [0.2, 0.25) is 0 Å². The zero-order valence-electron chi connectivity index (χ0n) is 27.7. The number of aromatic nitrogens is 2. The third-order valence-electron chi connectivity index (χ3n) is 10.4. The SMILES string of the molecule is c1ccc(OCc2nc3c(OCCCN4CCCCC4)cccc3n2CCCC2CCN(CCCN3CCCCC3)CC2)cc1. The second-order valence-corrected chi connectivity index (χ2v) is 13.7. The standard InChI is InChI=1S/C38H57N5O2/c1-4-15-34(16-5-1)45-32-37-39-38-35(17-10-18-36(38)44-31-13-27-41-23-8-3-9-24-41)43(37)28-11-14-33-19-29-42(30-20-33)26-12-25-40-21-6-2-7-22-40/h1,4-5,10,15-18,33H,2-3,6-9,11-14,19-32H2. The van der Waals surface area contributed by atoms with E-state index in [9.17, 15) is 0 Å². The van der Waals surface area contributed by atoms with Gasteiger partial charge < -0.3 is 28.7 Å². The van der Waals surface area contributed by atoms with E-state index in [2.05, 4.69) is 37.5 Å². The molecule has 0 radical (unpaired) electrons. The molecule has 0 bridgehead atoms. The molecule has 3 fully saturated rings. The van der Waals surface area contributed by atoms with Crippen LogP contribution in [0.4, 0.5) is 0 Å². The molecule has 246 valence electrons. The van der Waals surface area contributed by atoms with E-state index in [1.807, 2.05) is 30.3 Å². The first-order valence-electron chi connectivity index (χ1n) is 18.3. The molecule has 45 heavy (non-hydrogen) atoms. The molecule has 0 aliphatic carbocycles. The molecule has 0 saturated carbocycles. The molecular formula is C38H57N5O2. The van der Waals surface area contributed by atoms with Gasteiger partial charge in [-0.2, -0.15) is 0 Å². The number of imidazole rings is 1. The van der Waals surface area contributed by atoms with Crippen molar-refractivity contribution in [2.45, 2.75) is 90.2 Å². The number of hydrogen-bond donors (Lipinski definition) is 0. The Bertz CT molecular complexity index is 1260. The Balaban J connectivity index is 1.01. The normalized spacial score (nSPS) is 19.3. The van der Waals surface area contributed by atoms with Crippen LogP contribution in [0.3, 0.4) is 0 Å². The minimum atomic E-state index is 0.461. The molecule has 3 saturated heterocycles.